The van der Waals surface area contributed by atoms with E-state index in [1.807, 2.05) is 0 Å². The fourth-order valence-electron chi connectivity index (χ4n) is 2.68. The van der Waals surface area contributed by atoms with E-state index in [4.69, 9.17) is 0 Å². The molecule has 0 aromatic rings. The average molecular weight is 240 g/mol. The van der Waals surface area contributed by atoms with Gasteiger partial charge in [-0.3, -0.25) is 0 Å². The normalized spacial score (nSPS) is 17.8. The minimum atomic E-state index is 0.765. The van der Waals surface area contributed by atoms with E-state index in [0.717, 1.165) is 31.5 Å². The summed E-state index contributed by atoms with van der Waals surface area (Å²) in [6.07, 6.45) is 10.3. The van der Waals surface area contributed by atoms with Gasteiger partial charge in [0.2, 0.25) is 0 Å². The van der Waals surface area contributed by atoms with Crippen LogP contribution >= 0.6 is 0 Å². The first-order valence-electron chi connectivity index (χ1n) is 7.70. The third-order valence-electron chi connectivity index (χ3n) is 3.72. The third kappa shape index (κ3) is 8.62. The molecule has 0 spiro atoms. The first-order valence-corrected chi connectivity index (χ1v) is 7.70. The Kier molecular flexibility index (Phi) is 8.72. The fourth-order valence-corrected chi connectivity index (χ4v) is 2.68. The molecule has 2 N–H and O–H groups in total. The highest BCUT2D eigenvalue weighted by Crippen LogP contribution is 2.26. The minimum Gasteiger partial charge on any atom is -0.315 e. The lowest BCUT2D eigenvalue weighted by atomic mass is 9.86. The molecule has 1 rings (SSSR count). The van der Waals surface area contributed by atoms with Crippen molar-refractivity contribution in [3.05, 3.63) is 0 Å². The van der Waals surface area contributed by atoms with Crippen molar-refractivity contribution in [1.82, 2.24) is 10.6 Å². The lowest BCUT2D eigenvalue weighted by molar-refractivity contribution is 0.330. The van der Waals surface area contributed by atoms with Gasteiger partial charge in [0.1, 0.15) is 0 Å². The molecule has 0 atom stereocenters. The van der Waals surface area contributed by atoms with Crippen molar-refractivity contribution in [3.63, 3.8) is 0 Å². The summed E-state index contributed by atoms with van der Waals surface area (Å²) in [5, 5.41) is 7.00. The van der Waals surface area contributed by atoms with Crippen LogP contribution in [0.5, 0.6) is 0 Å². The second-order valence-corrected chi connectivity index (χ2v) is 5.99. The van der Waals surface area contributed by atoms with Crippen molar-refractivity contribution in [2.75, 3.05) is 26.2 Å². The van der Waals surface area contributed by atoms with E-state index in [1.54, 1.807) is 0 Å². The highest BCUT2D eigenvalue weighted by Gasteiger charge is 2.12. The van der Waals surface area contributed by atoms with Gasteiger partial charge in [0.05, 0.1) is 0 Å². The minimum absolute atomic E-state index is 0.765. The number of rotatable bonds is 9. The fraction of sp³-hybridized carbons (Fsp3) is 1.00. The van der Waals surface area contributed by atoms with Gasteiger partial charge in [-0.1, -0.05) is 46.0 Å². The summed E-state index contributed by atoms with van der Waals surface area (Å²) < 4.78 is 0. The summed E-state index contributed by atoms with van der Waals surface area (Å²) in [6.45, 7) is 9.10. The maximum absolute atomic E-state index is 3.54. The van der Waals surface area contributed by atoms with Gasteiger partial charge in [0, 0.05) is 13.1 Å². The molecular formula is C15H32N2. The van der Waals surface area contributed by atoms with E-state index >= 15 is 0 Å². The van der Waals surface area contributed by atoms with Crippen molar-refractivity contribution in [2.24, 2.45) is 11.8 Å². The summed E-state index contributed by atoms with van der Waals surface area (Å²) in [6, 6.07) is 0. The second-order valence-electron chi connectivity index (χ2n) is 5.99. The summed E-state index contributed by atoms with van der Waals surface area (Å²) >= 11 is 0. The highest BCUT2D eigenvalue weighted by atomic mass is 14.9. The predicted octanol–water partition coefficient (Wildman–Crippen LogP) is 3.18. The van der Waals surface area contributed by atoms with E-state index in [9.17, 15) is 0 Å². The summed E-state index contributed by atoms with van der Waals surface area (Å²) in [5.41, 5.74) is 0. The van der Waals surface area contributed by atoms with Gasteiger partial charge in [-0.2, -0.15) is 0 Å². The van der Waals surface area contributed by atoms with E-state index in [0.29, 0.717) is 0 Å². The maximum atomic E-state index is 3.54. The van der Waals surface area contributed by atoms with Crippen LogP contribution in [0.4, 0.5) is 0 Å². The first-order chi connectivity index (χ1) is 8.29. The third-order valence-corrected chi connectivity index (χ3v) is 3.72. The molecule has 0 bridgehead atoms. The van der Waals surface area contributed by atoms with Crippen LogP contribution < -0.4 is 10.6 Å². The van der Waals surface area contributed by atoms with E-state index in [1.165, 1.54) is 51.5 Å². The Morgan fingerprint density at radius 3 is 2.35 bits per heavy atom. The molecule has 0 aliphatic heterocycles. The van der Waals surface area contributed by atoms with Crippen LogP contribution in [0, 0.1) is 11.8 Å². The lowest BCUT2D eigenvalue weighted by Crippen LogP contribution is -2.30. The molecule has 1 fully saturated rings. The number of hydrogen-bond donors (Lipinski definition) is 2. The van der Waals surface area contributed by atoms with Gasteiger partial charge in [-0.05, 0) is 37.8 Å². The van der Waals surface area contributed by atoms with Gasteiger partial charge in [-0.15, -0.1) is 0 Å². The molecule has 0 saturated heterocycles. The highest BCUT2D eigenvalue weighted by molar-refractivity contribution is 4.66. The Bertz CT molecular complexity index is 162. The molecule has 102 valence electrons. The summed E-state index contributed by atoms with van der Waals surface area (Å²) in [4.78, 5) is 0. The van der Waals surface area contributed by atoms with Crippen molar-refractivity contribution >= 4 is 0 Å². The van der Waals surface area contributed by atoms with Crippen molar-refractivity contribution < 1.29 is 0 Å². The van der Waals surface area contributed by atoms with Crippen LogP contribution in [0.1, 0.15) is 58.8 Å². The standard InChI is InChI=1S/C15H32N2/c1-14(2)13-17-12-11-16-10-6-9-15-7-4-3-5-8-15/h14-17H,3-13H2,1-2H3. The zero-order valence-electron chi connectivity index (χ0n) is 11.9. The molecule has 0 radical (unpaired) electrons. The molecule has 17 heavy (non-hydrogen) atoms. The number of nitrogens with one attached hydrogen (secondary N) is 2. The van der Waals surface area contributed by atoms with Gasteiger partial charge in [0.15, 0.2) is 0 Å². The SMILES string of the molecule is CC(C)CNCCNCCCC1CCCCC1. The quantitative estimate of drug-likeness (QED) is 0.605. The molecule has 0 amide bonds. The van der Waals surface area contributed by atoms with E-state index in [-0.39, 0.29) is 0 Å². The van der Waals surface area contributed by atoms with Crippen LogP contribution in [-0.2, 0) is 0 Å². The molecule has 0 aromatic carbocycles. The van der Waals surface area contributed by atoms with Gasteiger partial charge in [0.25, 0.3) is 0 Å². The summed E-state index contributed by atoms with van der Waals surface area (Å²) in [5.74, 6) is 1.81. The Morgan fingerprint density at radius 1 is 0.941 bits per heavy atom. The molecule has 0 heterocycles. The van der Waals surface area contributed by atoms with Crippen LogP contribution in [-0.4, -0.2) is 26.2 Å². The van der Waals surface area contributed by atoms with E-state index < -0.39 is 0 Å². The molecule has 1 aliphatic carbocycles. The van der Waals surface area contributed by atoms with Crippen LogP contribution in [0.2, 0.25) is 0 Å². The van der Waals surface area contributed by atoms with Crippen molar-refractivity contribution in [1.29, 1.82) is 0 Å². The molecular weight excluding hydrogens is 208 g/mol. The second kappa shape index (κ2) is 9.90. The smallest absolute Gasteiger partial charge is 0.00768 e. The van der Waals surface area contributed by atoms with Gasteiger partial charge >= 0.3 is 0 Å². The first kappa shape index (κ1) is 15.0. The van der Waals surface area contributed by atoms with Crippen molar-refractivity contribution in [2.45, 2.75) is 58.8 Å². The zero-order chi connectivity index (χ0) is 12.3. The van der Waals surface area contributed by atoms with Crippen LogP contribution in [0.15, 0.2) is 0 Å². The molecule has 1 saturated carbocycles. The topological polar surface area (TPSA) is 24.1 Å². The lowest BCUT2D eigenvalue weighted by Gasteiger charge is -2.21. The molecule has 2 heteroatoms. The molecule has 1 aliphatic rings. The Hall–Kier alpha value is -0.0800. The molecule has 0 unspecified atom stereocenters. The average Bonchev–Trinajstić information content (AvgIpc) is 2.33. The summed E-state index contributed by atoms with van der Waals surface area (Å²) in [7, 11) is 0. The van der Waals surface area contributed by atoms with Crippen molar-refractivity contribution in [3.8, 4) is 0 Å². The Balaban J connectivity index is 1.78. The Labute approximate surface area is 108 Å². The largest absolute Gasteiger partial charge is 0.315 e. The molecule has 0 aromatic heterocycles. The van der Waals surface area contributed by atoms with Crippen LogP contribution in [0.25, 0.3) is 0 Å². The van der Waals surface area contributed by atoms with Gasteiger partial charge in [-0.25, -0.2) is 0 Å². The predicted molar refractivity (Wildman–Crippen MR) is 76.4 cm³/mol. The van der Waals surface area contributed by atoms with Gasteiger partial charge < -0.3 is 10.6 Å². The van der Waals surface area contributed by atoms with E-state index in [2.05, 4.69) is 24.5 Å². The molecule has 2 nitrogen and oxygen atoms in total. The van der Waals surface area contributed by atoms with Crippen LogP contribution in [0.3, 0.4) is 0 Å². The monoisotopic (exact) mass is 240 g/mol. The Morgan fingerprint density at radius 2 is 1.65 bits per heavy atom. The maximum Gasteiger partial charge on any atom is 0.00768 e. The zero-order valence-corrected chi connectivity index (χ0v) is 11.9. The number of hydrogen-bond acceptors (Lipinski definition) is 2.